The van der Waals surface area contributed by atoms with Gasteiger partial charge in [0, 0.05) is 19.3 Å². The molecule has 3 aromatic rings. The second-order valence-electron chi connectivity index (χ2n) is 7.89. The zero-order chi connectivity index (χ0) is 22.3. The van der Waals surface area contributed by atoms with Crippen molar-refractivity contribution in [3.05, 3.63) is 108 Å². The number of benzene rings is 3. The highest BCUT2D eigenvalue weighted by atomic mass is 16.4. The molecule has 4 atom stereocenters. The molecule has 3 aromatic carbocycles. The fraction of sp³-hybridized carbons (Fsp3) is 0.269. The van der Waals surface area contributed by atoms with Gasteiger partial charge in [-0.2, -0.15) is 0 Å². The zero-order valence-electron chi connectivity index (χ0n) is 17.2. The molecule has 5 nitrogen and oxygen atoms in total. The van der Waals surface area contributed by atoms with Gasteiger partial charge in [-0.25, -0.2) is 0 Å². The summed E-state index contributed by atoms with van der Waals surface area (Å²) in [4.78, 5) is 12.8. The lowest BCUT2D eigenvalue weighted by molar-refractivity contribution is -0.182. The van der Waals surface area contributed by atoms with Gasteiger partial charge in [0.15, 0.2) is 5.78 Å². The van der Waals surface area contributed by atoms with E-state index in [9.17, 15) is 25.2 Å². The minimum atomic E-state index is -2.26. The molecule has 0 bridgehead atoms. The van der Waals surface area contributed by atoms with E-state index in [0.717, 1.165) is 5.56 Å². The van der Waals surface area contributed by atoms with Gasteiger partial charge in [0.2, 0.25) is 0 Å². The van der Waals surface area contributed by atoms with Crippen molar-refractivity contribution in [3.63, 3.8) is 0 Å². The molecule has 0 aliphatic heterocycles. The molecule has 162 valence electrons. The standard InChI is InChI=1S/C26H28O5/c27-22(16-19-10-4-1-5-11-19)24(29)26(31,18-21-14-8-3-9-15-21)25(30)23(28)17-20-12-6-2-7-13-20/h1-15,22,24-25,27,29-31H,16-18H2/t22?,24-,25+,26-/m1/s1. The molecule has 0 heterocycles. The van der Waals surface area contributed by atoms with Gasteiger partial charge >= 0.3 is 0 Å². The number of Topliss-reactive ketones (excluding diaryl/α,β-unsaturated/α-hetero) is 1. The lowest BCUT2D eigenvalue weighted by atomic mass is 9.78. The quantitative estimate of drug-likeness (QED) is 0.403. The summed E-state index contributed by atoms with van der Waals surface area (Å²) in [6, 6.07) is 26.7. The summed E-state index contributed by atoms with van der Waals surface area (Å²) in [6.45, 7) is 0. The average Bonchev–Trinajstić information content (AvgIpc) is 2.80. The molecule has 31 heavy (non-hydrogen) atoms. The summed E-state index contributed by atoms with van der Waals surface area (Å²) in [7, 11) is 0. The maximum Gasteiger partial charge on any atom is 0.168 e. The molecule has 0 saturated heterocycles. The topological polar surface area (TPSA) is 98.0 Å². The van der Waals surface area contributed by atoms with Crippen LogP contribution in [-0.2, 0) is 24.1 Å². The second kappa shape index (κ2) is 10.5. The van der Waals surface area contributed by atoms with Crippen LogP contribution in [0, 0.1) is 0 Å². The molecule has 0 aromatic heterocycles. The van der Waals surface area contributed by atoms with E-state index in [2.05, 4.69) is 0 Å². The Morgan fingerprint density at radius 1 is 0.710 bits per heavy atom. The van der Waals surface area contributed by atoms with Crippen molar-refractivity contribution in [3.8, 4) is 0 Å². The van der Waals surface area contributed by atoms with Crippen molar-refractivity contribution in [1.82, 2.24) is 0 Å². The highest BCUT2D eigenvalue weighted by molar-refractivity contribution is 5.86. The third kappa shape index (κ3) is 5.87. The molecular weight excluding hydrogens is 392 g/mol. The van der Waals surface area contributed by atoms with Crippen molar-refractivity contribution < 1.29 is 25.2 Å². The predicted octanol–water partition coefficient (Wildman–Crippen LogP) is 2.10. The van der Waals surface area contributed by atoms with Gasteiger partial charge in [-0.05, 0) is 16.7 Å². The predicted molar refractivity (Wildman–Crippen MR) is 118 cm³/mol. The molecule has 0 saturated carbocycles. The second-order valence-corrected chi connectivity index (χ2v) is 7.89. The molecular formula is C26H28O5. The summed E-state index contributed by atoms with van der Waals surface area (Å²) in [5.41, 5.74) is -0.182. The fourth-order valence-electron chi connectivity index (χ4n) is 3.76. The highest BCUT2D eigenvalue weighted by Crippen LogP contribution is 2.27. The van der Waals surface area contributed by atoms with Gasteiger partial charge in [0.1, 0.15) is 17.8 Å². The van der Waals surface area contributed by atoms with Crippen molar-refractivity contribution in [2.45, 2.75) is 43.2 Å². The smallest absolute Gasteiger partial charge is 0.168 e. The number of aliphatic hydroxyl groups excluding tert-OH is 3. The van der Waals surface area contributed by atoms with E-state index in [0.29, 0.717) is 11.1 Å². The van der Waals surface area contributed by atoms with Crippen molar-refractivity contribution >= 4 is 5.78 Å². The van der Waals surface area contributed by atoms with Gasteiger partial charge in [0.25, 0.3) is 0 Å². The molecule has 0 aliphatic rings. The van der Waals surface area contributed by atoms with E-state index < -0.39 is 29.7 Å². The molecule has 0 radical (unpaired) electrons. The number of hydrogen-bond acceptors (Lipinski definition) is 5. The van der Waals surface area contributed by atoms with E-state index in [1.54, 1.807) is 66.7 Å². The summed E-state index contributed by atoms with van der Waals surface area (Å²) >= 11 is 0. The Labute approximate surface area is 182 Å². The van der Waals surface area contributed by atoms with Crippen molar-refractivity contribution in [2.24, 2.45) is 0 Å². The molecule has 3 rings (SSSR count). The monoisotopic (exact) mass is 420 g/mol. The van der Waals surface area contributed by atoms with Gasteiger partial charge < -0.3 is 20.4 Å². The van der Waals surface area contributed by atoms with Crippen LogP contribution in [0.4, 0.5) is 0 Å². The maximum atomic E-state index is 12.8. The van der Waals surface area contributed by atoms with Crippen molar-refractivity contribution in [1.29, 1.82) is 0 Å². The minimum Gasteiger partial charge on any atom is -0.390 e. The van der Waals surface area contributed by atoms with Crippen LogP contribution >= 0.6 is 0 Å². The van der Waals surface area contributed by atoms with Crippen LogP contribution in [0.2, 0.25) is 0 Å². The summed E-state index contributed by atoms with van der Waals surface area (Å²) in [5.74, 6) is -0.629. The molecule has 0 aliphatic carbocycles. The minimum absolute atomic E-state index is 0.0682. The van der Waals surface area contributed by atoms with E-state index in [1.807, 2.05) is 24.3 Å². The van der Waals surface area contributed by atoms with E-state index in [-0.39, 0.29) is 19.3 Å². The summed E-state index contributed by atoms with van der Waals surface area (Å²) in [6.07, 6.45) is -5.23. The third-order valence-corrected chi connectivity index (χ3v) is 5.49. The van der Waals surface area contributed by atoms with Crippen LogP contribution in [0.15, 0.2) is 91.0 Å². The van der Waals surface area contributed by atoms with Gasteiger partial charge in [-0.15, -0.1) is 0 Å². The first-order valence-corrected chi connectivity index (χ1v) is 10.3. The van der Waals surface area contributed by atoms with Gasteiger partial charge in [-0.1, -0.05) is 91.0 Å². The third-order valence-electron chi connectivity index (χ3n) is 5.49. The first-order chi connectivity index (χ1) is 14.9. The van der Waals surface area contributed by atoms with E-state index >= 15 is 0 Å². The molecule has 5 heteroatoms. The number of hydrogen-bond donors (Lipinski definition) is 4. The number of rotatable bonds is 10. The molecule has 0 fully saturated rings. The fourth-order valence-corrected chi connectivity index (χ4v) is 3.76. The van der Waals surface area contributed by atoms with E-state index in [1.165, 1.54) is 0 Å². The zero-order valence-corrected chi connectivity index (χ0v) is 17.2. The van der Waals surface area contributed by atoms with E-state index in [4.69, 9.17) is 0 Å². The van der Waals surface area contributed by atoms with Gasteiger partial charge in [-0.3, -0.25) is 4.79 Å². The van der Waals surface area contributed by atoms with Crippen molar-refractivity contribution in [2.75, 3.05) is 0 Å². The Kier molecular flexibility index (Phi) is 7.71. The Hall–Kier alpha value is -2.83. The van der Waals surface area contributed by atoms with Crippen LogP contribution in [0.3, 0.4) is 0 Å². The molecule has 0 spiro atoms. The Morgan fingerprint density at radius 3 is 1.68 bits per heavy atom. The first-order valence-electron chi connectivity index (χ1n) is 10.3. The first kappa shape index (κ1) is 22.8. The van der Waals surface area contributed by atoms with Gasteiger partial charge in [0.05, 0.1) is 6.10 Å². The number of ketones is 1. The van der Waals surface area contributed by atoms with Crippen LogP contribution < -0.4 is 0 Å². The molecule has 1 unspecified atom stereocenters. The van der Waals surface area contributed by atoms with Crippen LogP contribution in [0.5, 0.6) is 0 Å². The maximum absolute atomic E-state index is 12.8. The molecule has 4 N–H and O–H groups in total. The number of aliphatic hydroxyl groups is 4. The normalized spacial score (nSPS) is 16.1. The number of carbonyl (C=O) groups excluding carboxylic acids is 1. The lowest BCUT2D eigenvalue weighted by Gasteiger charge is -2.38. The summed E-state index contributed by atoms with van der Waals surface area (Å²) < 4.78 is 0. The lowest BCUT2D eigenvalue weighted by Crippen LogP contribution is -2.61. The van der Waals surface area contributed by atoms with Crippen LogP contribution in [-0.4, -0.2) is 50.1 Å². The van der Waals surface area contributed by atoms with Crippen LogP contribution in [0.25, 0.3) is 0 Å². The average molecular weight is 421 g/mol. The Balaban J connectivity index is 1.85. The van der Waals surface area contributed by atoms with Crippen LogP contribution in [0.1, 0.15) is 16.7 Å². The molecule has 0 amide bonds. The number of carbonyl (C=O) groups is 1. The highest BCUT2D eigenvalue weighted by Gasteiger charge is 2.48. The Bertz CT molecular complexity index is 945. The largest absolute Gasteiger partial charge is 0.390 e. The summed E-state index contributed by atoms with van der Waals surface area (Å²) in [5, 5.41) is 43.9. The Morgan fingerprint density at radius 2 is 1.16 bits per heavy atom. The SMILES string of the molecule is O=C(Cc1ccccc1)[C@H](O)[C@@](O)(Cc1ccccc1)[C@H](O)C(O)Cc1ccccc1.